The highest BCUT2D eigenvalue weighted by atomic mass is 16.5. The van der Waals surface area contributed by atoms with Crippen molar-refractivity contribution in [2.24, 2.45) is 5.73 Å². The molecule has 88 valence electrons. The van der Waals surface area contributed by atoms with Gasteiger partial charge >= 0.3 is 5.97 Å². The van der Waals surface area contributed by atoms with E-state index in [1.165, 1.54) is 0 Å². The van der Waals surface area contributed by atoms with Gasteiger partial charge in [-0.3, -0.25) is 4.79 Å². The lowest BCUT2D eigenvalue weighted by atomic mass is 10.1. The molecule has 0 fully saturated rings. The Kier molecular flexibility index (Phi) is 4.25. The molecule has 1 aromatic rings. The monoisotopic (exact) mass is 224 g/mol. The fourth-order valence-corrected chi connectivity index (χ4v) is 1.28. The molecule has 0 amide bonds. The zero-order chi connectivity index (χ0) is 12.1. The van der Waals surface area contributed by atoms with Crippen molar-refractivity contribution in [3.8, 4) is 5.88 Å². The fourth-order valence-electron chi connectivity index (χ4n) is 1.28. The van der Waals surface area contributed by atoms with Crippen molar-refractivity contribution in [3.63, 3.8) is 0 Å². The van der Waals surface area contributed by atoms with Crippen molar-refractivity contribution in [1.29, 1.82) is 0 Å². The minimum absolute atomic E-state index is 0.00362. The van der Waals surface area contributed by atoms with Crippen molar-refractivity contribution in [3.05, 3.63) is 23.9 Å². The second kappa shape index (κ2) is 5.46. The lowest BCUT2D eigenvalue weighted by molar-refractivity contribution is -0.138. The smallest absolute Gasteiger partial charge is 0.313 e. The topological polar surface area (TPSA) is 85.4 Å². The Hall–Kier alpha value is -1.62. The van der Waals surface area contributed by atoms with Crippen LogP contribution < -0.4 is 10.5 Å². The highest BCUT2D eigenvalue weighted by Crippen LogP contribution is 2.16. The average Bonchev–Trinajstić information content (AvgIpc) is 2.17. The van der Waals surface area contributed by atoms with Crippen LogP contribution in [-0.4, -0.2) is 28.7 Å². The Morgan fingerprint density at radius 2 is 2.25 bits per heavy atom. The predicted molar refractivity (Wildman–Crippen MR) is 59.4 cm³/mol. The molecule has 0 saturated carbocycles. The lowest BCUT2D eigenvalue weighted by Crippen LogP contribution is -2.22. The summed E-state index contributed by atoms with van der Waals surface area (Å²) in [5.41, 5.74) is 5.82. The fraction of sp³-hybridized carbons (Fsp3) is 0.455. The highest BCUT2D eigenvalue weighted by Gasteiger charge is 2.19. The van der Waals surface area contributed by atoms with Gasteiger partial charge in [-0.05, 0) is 19.9 Å². The molecule has 3 N–H and O–H groups in total. The first-order valence-corrected chi connectivity index (χ1v) is 5.11. The molecule has 0 spiro atoms. The Labute approximate surface area is 94.2 Å². The summed E-state index contributed by atoms with van der Waals surface area (Å²) in [6, 6.07) is 5.05. The molecule has 5 nitrogen and oxygen atoms in total. The summed E-state index contributed by atoms with van der Waals surface area (Å²) < 4.78 is 5.38. The summed E-state index contributed by atoms with van der Waals surface area (Å²) in [6.45, 7) is 3.78. The third kappa shape index (κ3) is 3.20. The van der Waals surface area contributed by atoms with E-state index in [1.54, 1.807) is 18.2 Å². The van der Waals surface area contributed by atoms with Gasteiger partial charge in [0.05, 0.1) is 11.8 Å². The maximum atomic E-state index is 10.9. The number of carbonyl (C=O) groups is 1. The van der Waals surface area contributed by atoms with E-state index >= 15 is 0 Å². The number of nitrogens with two attached hydrogens (primary N) is 1. The number of aromatic nitrogens is 1. The van der Waals surface area contributed by atoms with Gasteiger partial charge in [-0.2, -0.15) is 0 Å². The molecule has 0 saturated heterocycles. The minimum atomic E-state index is -0.975. The Bertz CT molecular complexity index is 366. The van der Waals surface area contributed by atoms with Crippen LogP contribution in [0.15, 0.2) is 18.2 Å². The first kappa shape index (κ1) is 12.4. The number of pyridine rings is 1. The van der Waals surface area contributed by atoms with Crippen LogP contribution in [0.3, 0.4) is 0 Å². The molecule has 16 heavy (non-hydrogen) atoms. The number of hydrogen-bond donors (Lipinski definition) is 2. The van der Waals surface area contributed by atoms with Gasteiger partial charge in [0.2, 0.25) is 5.88 Å². The number of nitrogens with zero attached hydrogens (tertiary/aromatic N) is 1. The van der Waals surface area contributed by atoms with E-state index in [2.05, 4.69) is 4.98 Å². The van der Waals surface area contributed by atoms with E-state index in [1.807, 2.05) is 13.8 Å². The standard InChI is InChI=1S/C11H16N2O3/c1-7(2)16-10-5-3-4-9(13-10)8(6-12)11(14)15/h3-5,7-8H,6,12H2,1-2H3,(H,14,15). The largest absolute Gasteiger partial charge is 0.481 e. The van der Waals surface area contributed by atoms with Gasteiger partial charge in [0.15, 0.2) is 0 Å². The molecule has 1 aromatic heterocycles. The molecular formula is C11H16N2O3. The van der Waals surface area contributed by atoms with Gasteiger partial charge < -0.3 is 15.6 Å². The van der Waals surface area contributed by atoms with Crippen molar-refractivity contribution in [2.75, 3.05) is 6.54 Å². The summed E-state index contributed by atoms with van der Waals surface area (Å²) in [4.78, 5) is 15.0. The Morgan fingerprint density at radius 3 is 2.75 bits per heavy atom. The highest BCUT2D eigenvalue weighted by molar-refractivity contribution is 5.75. The molecule has 1 unspecified atom stereocenters. The third-order valence-corrected chi connectivity index (χ3v) is 1.99. The summed E-state index contributed by atoms with van der Waals surface area (Å²) in [5.74, 6) is -1.33. The van der Waals surface area contributed by atoms with Crippen LogP contribution in [0.25, 0.3) is 0 Å². The van der Waals surface area contributed by atoms with Crippen LogP contribution in [-0.2, 0) is 4.79 Å². The molecule has 0 bridgehead atoms. The minimum Gasteiger partial charge on any atom is -0.481 e. The van der Waals surface area contributed by atoms with Crippen LogP contribution in [0, 0.1) is 0 Å². The van der Waals surface area contributed by atoms with Crippen LogP contribution >= 0.6 is 0 Å². The van der Waals surface area contributed by atoms with E-state index in [0.717, 1.165) is 0 Å². The predicted octanol–water partition coefficient (Wildman–Crippen LogP) is 0.996. The van der Waals surface area contributed by atoms with E-state index in [-0.39, 0.29) is 12.6 Å². The number of carboxylic acid groups (broad SMARTS) is 1. The van der Waals surface area contributed by atoms with Gasteiger partial charge in [0, 0.05) is 12.6 Å². The molecular weight excluding hydrogens is 208 g/mol. The third-order valence-electron chi connectivity index (χ3n) is 1.99. The summed E-state index contributed by atoms with van der Waals surface area (Å²) in [6.07, 6.45) is 0.00362. The van der Waals surface area contributed by atoms with Crippen molar-refractivity contribution in [1.82, 2.24) is 4.98 Å². The number of hydrogen-bond acceptors (Lipinski definition) is 4. The van der Waals surface area contributed by atoms with E-state index < -0.39 is 11.9 Å². The van der Waals surface area contributed by atoms with Gasteiger partial charge in [0.25, 0.3) is 0 Å². The van der Waals surface area contributed by atoms with Gasteiger partial charge in [-0.1, -0.05) is 6.07 Å². The second-order valence-electron chi connectivity index (χ2n) is 3.69. The SMILES string of the molecule is CC(C)Oc1cccc(C(CN)C(=O)O)n1. The maximum Gasteiger partial charge on any atom is 0.313 e. The summed E-state index contributed by atoms with van der Waals surface area (Å²) in [5, 5.41) is 8.94. The van der Waals surface area contributed by atoms with Crippen molar-refractivity contribution < 1.29 is 14.6 Å². The number of rotatable bonds is 5. The van der Waals surface area contributed by atoms with Crippen LogP contribution in [0.2, 0.25) is 0 Å². The quantitative estimate of drug-likeness (QED) is 0.779. The molecule has 0 aliphatic carbocycles. The lowest BCUT2D eigenvalue weighted by Gasteiger charge is -2.12. The van der Waals surface area contributed by atoms with E-state index in [4.69, 9.17) is 15.6 Å². The summed E-state index contributed by atoms with van der Waals surface area (Å²) >= 11 is 0. The zero-order valence-corrected chi connectivity index (χ0v) is 9.38. The van der Waals surface area contributed by atoms with E-state index in [0.29, 0.717) is 11.6 Å². The molecule has 0 radical (unpaired) electrons. The van der Waals surface area contributed by atoms with Gasteiger partial charge in [-0.15, -0.1) is 0 Å². The zero-order valence-electron chi connectivity index (χ0n) is 9.38. The van der Waals surface area contributed by atoms with Crippen molar-refractivity contribution >= 4 is 5.97 Å². The van der Waals surface area contributed by atoms with E-state index in [9.17, 15) is 4.79 Å². The average molecular weight is 224 g/mol. The first-order chi connectivity index (χ1) is 7.54. The van der Waals surface area contributed by atoms with Crippen LogP contribution in [0.5, 0.6) is 5.88 Å². The molecule has 1 atom stereocenters. The van der Waals surface area contributed by atoms with Crippen LogP contribution in [0.1, 0.15) is 25.5 Å². The number of aliphatic carboxylic acids is 1. The van der Waals surface area contributed by atoms with Crippen LogP contribution in [0.4, 0.5) is 0 Å². The van der Waals surface area contributed by atoms with Crippen molar-refractivity contribution in [2.45, 2.75) is 25.9 Å². The Balaban J connectivity index is 2.92. The maximum absolute atomic E-state index is 10.9. The molecule has 0 aliphatic heterocycles. The molecule has 5 heteroatoms. The number of ether oxygens (including phenoxy) is 1. The molecule has 0 aliphatic rings. The van der Waals surface area contributed by atoms with Gasteiger partial charge in [-0.25, -0.2) is 4.98 Å². The first-order valence-electron chi connectivity index (χ1n) is 5.11. The molecule has 1 heterocycles. The van der Waals surface area contributed by atoms with Gasteiger partial charge in [0.1, 0.15) is 5.92 Å². The number of carboxylic acids is 1. The second-order valence-corrected chi connectivity index (χ2v) is 3.69. The normalized spacial score (nSPS) is 12.5. The Morgan fingerprint density at radius 1 is 1.56 bits per heavy atom. The molecule has 0 aromatic carbocycles. The molecule has 1 rings (SSSR count). The summed E-state index contributed by atoms with van der Waals surface area (Å²) in [7, 11) is 0.